The van der Waals surface area contributed by atoms with E-state index in [0.29, 0.717) is 12.0 Å². The summed E-state index contributed by atoms with van der Waals surface area (Å²) in [7, 11) is 0. The Labute approximate surface area is 103 Å². The van der Waals surface area contributed by atoms with Crippen LogP contribution < -0.4 is 4.90 Å². The van der Waals surface area contributed by atoms with Crippen molar-refractivity contribution in [2.24, 2.45) is 5.92 Å². The van der Waals surface area contributed by atoms with Crippen LogP contribution in [-0.4, -0.2) is 23.4 Å². The highest BCUT2D eigenvalue weighted by molar-refractivity contribution is 5.98. The molecule has 1 aliphatic rings. The van der Waals surface area contributed by atoms with Crippen LogP contribution in [0.1, 0.15) is 44.0 Å². The zero-order valence-corrected chi connectivity index (χ0v) is 10.8. The van der Waals surface area contributed by atoms with Gasteiger partial charge >= 0.3 is 0 Å². The minimum atomic E-state index is 0.0995. The molecule has 17 heavy (non-hydrogen) atoms. The zero-order chi connectivity index (χ0) is 12.4. The first-order chi connectivity index (χ1) is 8.09. The van der Waals surface area contributed by atoms with Gasteiger partial charge in [0, 0.05) is 18.8 Å². The maximum absolute atomic E-state index is 11.6. The second-order valence-corrected chi connectivity index (χ2v) is 5.21. The topological polar surface area (TPSA) is 33.2 Å². The summed E-state index contributed by atoms with van der Waals surface area (Å²) in [5.74, 6) is 1.55. The monoisotopic (exact) mass is 232 g/mol. The largest absolute Gasteiger partial charge is 0.353 e. The SMILES string of the molecule is CC(=O)c1cccnc1N(CC(C)C)C1CC1. The van der Waals surface area contributed by atoms with Gasteiger partial charge in [0.1, 0.15) is 5.82 Å². The van der Waals surface area contributed by atoms with Crippen molar-refractivity contribution in [3.63, 3.8) is 0 Å². The molecule has 3 nitrogen and oxygen atoms in total. The van der Waals surface area contributed by atoms with E-state index in [1.54, 1.807) is 13.1 Å². The van der Waals surface area contributed by atoms with Crippen LogP contribution in [0, 0.1) is 5.92 Å². The highest BCUT2D eigenvalue weighted by Gasteiger charge is 2.31. The maximum Gasteiger partial charge on any atom is 0.163 e. The van der Waals surface area contributed by atoms with Gasteiger partial charge in [-0.25, -0.2) is 4.98 Å². The molecule has 92 valence electrons. The van der Waals surface area contributed by atoms with Gasteiger partial charge in [0.2, 0.25) is 0 Å². The summed E-state index contributed by atoms with van der Waals surface area (Å²) in [6.07, 6.45) is 4.22. The van der Waals surface area contributed by atoms with Crippen LogP contribution in [0.15, 0.2) is 18.3 Å². The van der Waals surface area contributed by atoms with Crippen LogP contribution >= 0.6 is 0 Å². The first kappa shape index (κ1) is 12.1. The van der Waals surface area contributed by atoms with E-state index in [-0.39, 0.29) is 5.78 Å². The van der Waals surface area contributed by atoms with E-state index in [0.717, 1.165) is 17.9 Å². The van der Waals surface area contributed by atoms with Crippen LogP contribution in [0.3, 0.4) is 0 Å². The van der Waals surface area contributed by atoms with Gasteiger partial charge in [-0.15, -0.1) is 0 Å². The van der Waals surface area contributed by atoms with Crippen molar-refractivity contribution in [1.82, 2.24) is 4.98 Å². The van der Waals surface area contributed by atoms with Crippen molar-refractivity contribution < 1.29 is 4.79 Å². The number of rotatable bonds is 5. The number of carbonyl (C=O) groups excluding carboxylic acids is 1. The van der Waals surface area contributed by atoms with Crippen LogP contribution in [0.2, 0.25) is 0 Å². The molecule has 0 N–H and O–H groups in total. The standard InChI is InChI=1S/C14H20N2O/c1-10(2)9-16(12-6-7-12)14-13(11(3)17)5-4-8-15-14/h4-5,8,10,12H,6-7,9H2,1-3H3. The van der Waals surface area contributed by atoms with Crippen LogP contribution in [0.5, 0.6) is 0 Å². The number of pyridine rings is 1. The molecule has 1 heterocycles. The Hall–Kier alpha value is -1.38. The molecule has 0 aliphatic heterocycles. The van der Waals surface area contributed by atoms with E-state index in [4.69, 9.17) is 0 Å². The zero-order valence-electron chi connectivity index (χ0n) is 10.8. The summed E-state index contributed by atoms with van der Waals surface area (Å²) in [4.78, 5) is 18.4. The number of hydrogen-bond donors (Lipinski definition) is 0. The molecule has 1 saturated carbocycles. The van der Waals surface area contributed by atoms with E-state index in [9.17, 15) is 4.79 Å². The highest BCUT2D eigenvalue weighted by atomic mass is 16.1. The lowest BCUT2D eigenvalue weighted by Gasteiger charge is -2.26. The summed E-state index contributed by atoms with van der Waals surface area (Å²) in [6, 6.07) is 4.30. The normalized spacial score (nSPS) is 15.1. The quantitative estimate of drug-likeness (QED) is 0.732. The third kappa shape index (κ3) is 2.84. The molecular formula is C14H20N2O. The first-order valence-corrected chi connectivity index (χ1v) is 6.32. The van der Waals surface area contributed by atoms with Gasteiger partial charge in [0.25, 0.3) is 0 Å². The molecule has 0 unspecified atom stereocenters. The minimum absolute atomic E-state index is 0.0995. The second kappa shape index (κ2) is 4.86. The molecule has 3 heteroatoms. The van der Waals surface area contributed by atoms with E-state index >= 15 is 0 Å². The van der Waals surface area contributed by atoms with E-state index in [2.05, 4.69) is 23.7 Å². The lowest BCUT2D eigenvalue weighted by molar-refractivity contribution is 0.101. The van der Waals surface area contributed by atoms with Gasteiger partial charge in [-0.2, -0.15) is 0 Å². The van der Waals surface area contributed by atoms with Crippen molar-refractivity contribution in [1.29, 1.82) is 0 Å². The van der Waals surface area contributed by atoms with Crippen molar-refractivity contribution in [2.75, 3.05) is 11.4 Å². The van der Waals surface area contributed by atoms with Crippen molar-refractivity contribution in [2.45, 2.75) is 39.7 Å². The highest BCUT2D eigenvalue weighted by Crippen LogP contribution is 2.33. The molecule has 0 amide bonds. The third-order valence-corrected chi connectivity index (χ3v) is 2.99. The Morgan fingerprint density at radius 1 is 1.53 bits per heavy atom. The number of anilines is 1. The molecule has 0 radical (unpaired) electrons. The van der Waals surface area contributed by atoms with E-state index in [1.165, 1.54) is 12.8 Å². The fourth-order valence-electron chi connectivity index (χ4n) is 2.09. The second-order valence-electron chi connectivity index (χ2n) is 5.21. The summed E-state index contributed by atoms with van der Waals surface area (Å²) in [6.45, 7) is 6.99. The summed E-state index contributed by atoms with van der Waals surface area (Å²) in [5.41, 5.74) is 0.750. The van der Waals surface area contributed by atoms with Gasteiger partial charge < -0.3 is 4.90 Å². The predicted molar refractivity (Wildman–Crippen MR) is 69.4 cm³/mol. The molecular weight excluding hydrogens is 212 g/mol. The van der Waals surface area contributed by atoms with Crippen molar-refractivity contribution in [3.8, 4) is 0 Å². The lowest BCUT2D eigenvalue weighted by Crippen LogP contribution is -2.31. The van der Waals surface area contributed by atoms with Gasteiger partial charge in [0.15, 0.2) is 5.78 Å². The number of hydrogen-bond acceptors (Lipinski definition) is 3. The number of Topliss-reactive ketones (excluding diaryl/α,β-unsaturated/α-hetero) is 1. The summed E-state index contributed by atoms with van der Waals surface area (Å²) < 4.78 is 0. The third-order valence-electron chi connectivity index (χ3n) is 2.99. The summed E-state index contributed by atoms with van der Waals surface area (Å²) >= 11 is 0. The van der Waals surface area contributed by atoms with Crippen molar-refractivity contribution >= 4 is 11.6 Å². The Bertz CT molecular complexity index is 410. The number of carbonyl (C=O) groups is 1. The predicted octanol–water partition coefficient (Wildman–Crippen LogP) is 2.91. The van der Waals surface area contributed by atoms with Gasteiger partial charge in [-0.05, 0) is 37.8 Å². The van der Waals surface area contributed by atoms with Crippen LogP contribution in [-0.2, 0) is 0 Å². The average molecular weight is 232 g/mol. The molecule has 1 fully saturated rings. The maximum atomic E-state index is 11.6. The first-order valence-electron chi connectivity index (χ1n) is 6.32. The molecule has 0 bridgehead atoms. The molecule has 2 rings (SSSR count). The minimum Gasteiger partial charge on any atom is -0.353 e. The summed E-state index contributed by atoms with van der Waals surface area (Å²) in [5, 5.41) is 0. The number of aromatic nitrogens is 1. The van der Waals surface area contributed by atoms with Crippen molar-refractivity contribution in [3.05, 3.63) is 23.9 Å². The van der Waals surface area contributed by atoms with E-state index < -0.39 is 0 Å². The Morgan fingerprint density at radius 2 is 2.24 bits per heavy atom. The number of ketones is 1. The van der Waals surface area contributed by atoms with E-state index in [1.807, 2.05) is 12.1 Å². The fourth-order valence-corrected chi connectivity index (χ4v) is 2.09. The molecule has 1 aromatic heterocycles. The molecule has 1 aromatic rings. The fraction of sp³-hybridized carbons (Fsp3) is 0.571. The smallest absolute Gasteiger partial charge is 0.163 e. The van der Waals surface area contributed by atoms with Gasteiger partial charge in [0.05, 0.1) is 5.56 Å². The molecule has 0 spiro atoms. The molecule has 0 saturated heterocycles. The Morgan fingerprint density at radius 3 is 2.76 bits per heavy atom. The van der Waals surface area contributed by atoms with Crippen LogP contribution in [0.25, 0.3) is 0 Å². The lowest BCUT2D eigenvalue weighted by atomic mass is 10.1. The van der Waals surface area contributed by atoms with Gasteiger partial charge in [-0.1, -0.05) is 13.8 Å². The molecule has 0 aromatic carbocycles. The van der Waals surface area contributed by atoms with Gasteiger partial charge in [-0.3, -0.25) is 4.79 Å². The van der Waals surface area contributed by atoms with Crippen LogP contribution in [0.4, 0.5) is 5.82 Å². The Kier molecular flexibility index (Phi) is 3.46. The molecule has 1 aliphatic carbocycles. The molecule has 0 atom stereocenters. The Balaban J connectivity index is 2.31. The number of nitrogens with zero attached hydrogens (tertiary/aromatic N) is 2. The average Bonchev–Trinajstić information content (AvgIpc) is 3.09.